The standard InChI is InChI=1S/C24H34F3NO4/c1-2-32-23(31)13-5-3-4-6-16-28-20(14-15-22(28)30)11-8-12-21(29)18-9-7-10-19(17-18)24(25,26)27/h7,9-10,17,20-21,29H,2-6,8,11-16H2,1H3/t20-,21?/m0/s1. The van der Waals surface area contributed by atoms with E-state index in [1.165, 1.54) is 12.1 Å². The molecule has 1 N–H and O–H groups in total. The summed E-state index contributed by atoms with van der Waals surface area (Å²) in [5, 5.41) is 10.3. The molecule has 1 aromatic rings. The summed E-state index contributed by atoms with van der Waals surface area (Å²) in [5.74, 6) is -0.0328. The molecular formula is C24H34F3NO4. The molecule has 32 heavy (non-hydrogen) atoms. The summed E-state index contributed by atoms with van der Waals surface area (Å²) < 4.78 is 43.5. The molecular weight excluding hydrogens is 423 g/mol. The summed E-state index contributed by atoms with van der Waals surface area (Å²) in [7, 11) is 0. The molecule has 1 amide bonds. The van der Waals surface area contributed by atoms with Crippen LogP contribution >= 0.6 is 0 Å². The maximum absolute atomic E-state index is 12.9. The van der Waals surface area contributed by atoms with Gasteiger partial charge in [-0.1, -0.05) is 25.0 Å². The van der Waals surface area contributed by atoms with Gasteiger partial charge in [-0.3, -0.25) is 9.59 Å². The molecule has 1 saturated heterocycles. The fourth-order valence-corrected chi connectivity index (χ4v) is 4.17. The molecule has 1 unspecified atom stereocenters. The minimum atomic E-state index is -4.43. The number of unbranched alkanes of at least 4 members (excludes halogenated alkanes) is 3. The number of aliphatic hydroxyl groups excluding tert-OH is 1. The Bertz CT molecular complexity index is 738. The molecule has 0 radical (unpaired) electrons. The van der Waals surface area contributed by atoms with Gasteiger partial charge < -0.3 is 14.7 Å². The van der Waals surface area contributed by atoms with E-state index in [0.29, 0.717) is 38.8 Å². The zero-order valence-corrected chi connectivity index (χ0v) is 18.7. The molecule has 8 heteroatoms. The second kappa shape index (κ2) is 12.8. The summed E-state index contributed by atoms with van der Waals surface area (Å²) in [6, 6.07) is 4.93. The smallest absolute Gasteiger partial charge is 0.416 e. The molecule has 0 aromatic heterocycles. The third kappa shape index (κ3) is 8.45. The van der Waals surface area contributed by atoms with E-state index in [1.807, 2.05) is 4.90 Å². The van der Waals surface area contributed by atoms with Crippen LogP contribution in [0.1, 0.15) is 88.4 Å². The number of ether oxygens (including phenoxy) is 1. The number of rotatable bonds is 13. The number of benzene rings is 1. The van der Waals surface area contributed by atoms with E-state index in [-0.39, 0.29) is 23.5 Å². The lowest BCUT2D eigenvalue weighted by molar-refractivity contribution is -0.143. The van der Waals surface area contributed by atoms with Crippen molar-refractivity contribution in [1.29, 1.82) is 0 Å². The minimum Gasteiger partial charge on any atom is -0.466 e. The van der Waals surface area contributed by atoms with Gasteiger partial charge in [0.1, 0.15) is 0 Å². The highest BCUT2D eigenvalue weighted by atomic mass is 19.4. The molecule has 2 atom stereocenters. The quantitative estimate of drug-likeness (QED) is 0.318. The number of amides is 1. The first-order valence-corrected chi connectivity index (χ1v) is 11.5. The number of hydrogen-bond donors (Lipinski definition) is 1. The maximum Gasteiger partial charge on any atom is 0.416 e. The van der Waals surface area contributed by atoms with Gasteiger partial charge in [0.15, 0.2) is 0 Å². The van der Waals surface area contributed by atoms with Crippen LogP contribution in [0.15, 0.2) is 24.3 Å². The zero-order chi connectivity index (χ0) is 23.6. The molecule has 0 spiro atoms. The largest absolute Gasteiger partial charge is 0.466 e. The van der Waals surface area contributed by atoms with Crippen LogP contribution in [0.3, 0.4) is 0 Å². The Morgan fingerprint density at radius 1 is 1.22 bits per heavy atom. The summed E-state index contributed by atoms with van der Waals surface area (Å²) in [6.45, 7) is 2.86. The average molecular weight is 458 g/mol. The second-order valence-corrected chi connectivity index (χ2v) is 8.32. The Hall–Kier alpha value is -2.09. The van der Waals surface area contributed by atoms with E-state index < -0.39 is 17.8 Å². The van der Waals surface area contributed by atoms with E-state index in [4.69, 9.17) is 4.74 Å². The number of likely N-dealkylation sites (tertiary alicyclic amines) is 1. The molecule has 1 aromatic carbocycles. The number of alkyl halides is 3. The number of hydrogen-bond acceptors (Lipinski definition) is 4. The van der Waals surface area contributed by atoms with Gasteiger partial charge in [-0.2, -0.15) is 13.2 Å². The third-order valence-corrected chi connectivity index (χ3v) is 5.90. The molecule has 0 saturated carbocycles. The molecule has 0 aliphatic carbocycles. The van der Waals surface area contributed by atoms with E-state index in [2.05, 4.69) is 0 Å². The van der Waals surface area contributed by atoms with Crippen LogP contribution in [0.25, 0.3) is 0 Å². The van der Waals surface area contributed by atoms with Crippen LogP contribution in [-0.4, -0.2) is 41.1 Å². The van der Waals surface area contributed by atoms with Crippen molar-refractivity contribution in [2.45, 2.75) is 89.5 Å². The van der Waals surface area contributed by atoms with Crippen LogP contribution in [-0.2, 0) is 20.5 Å². The molecule has 1 heterocycles. The molecule has 2 rings (SSSR count). The van der Waals surface area contributed by atoms with Crippen molar-refractivity contribution in [2.75, 3.05) is 13.2 Å². The van der Waals surface area contributed by atoms with Gasteiger partial charge in [0.2, 0.25) is 5.91 Å². The van der Waals surface area contributed by atoms with Crippen molar-refractivity contribution in [2.24, 2.45) is 0 Å². The van der Waals surface area contributed by atoms with Crippen LogP contribution in [0.5, 0.6) is 0 Å². The molecule has 180 valence electrons. The summed E-state index contributed by atoms with van der Waals surface area (Å²) in [6.07, 6.45) is 1.55. The lowest BCUT2D eigenvalue weighted by atomic mass is 9.99. The first-order valence-electron chi connectivity index (χ1n) is 11.5. The predicted octanol–water partition coefficient (Wildman–Crippen LogP) is 5.41. The van der Waals surface area contributed by atoms with Crippen molar-refractivity contribution in [3.8, 4) is 0 Å². The topological polar surface area (TPSA) is 66.8 Å². The van der Waals surface area contributed by atoms with Gasteiger partial charge in [-0.15, -0.1) is 0 Å². The molecule has 1 fully saturated rings. The number of carbonyl (C=O) groups excluding carboxylic acids is 2. The van der Waals surface area contributed by atoms with Gasteiger partial charge in [0.05, 0.1) is 18.3 Å². The molecule has 5 nitrogen and oxygen atoms in total. The van der Waals surface area contributed by atoms with Gasteiger partial charge in [0, 0.05) is 25.4 Å². The van der Waals surface area contributed by atoms with E-state index in [0.717, 1.165) is 50.7 Å². The third-order valence-electron chi connectivity index (χ3n) is 5.90. The first kappa shape index (κ1) is 26.2. The van der Waals surface area contributed by atoms with Crippen molar-refractivity contribution < 1.29 is 32.6 Å². The fourth-order valence-electron chi connectivity index (χ4n) is 4.17. The molecule has 0 bridgehead atoms. The van der Waals surface area contributed by atoms with Crippen LogP contribution < -0.4 is 0 Å². The molecule has 1 aliphatic rings. The van der Waals surface area contributed by atoms with E-state index >= 15 is 0 Å². The lowest BCUT2D eigenvalue weighted by Crippen LogP contribution is -2.33. The van der Waals surface area contributed by atoms with Crippen molar-refractivity contribution in [3.05, 3.63) is 35.4 Å². The fraction of sp³-hybridized carbons (Fsp3) is 0.667. The number of halogens is 3. The summed E-state index contributed by atoms with van der Waals surface area (Å²) in [5.41, 5.74) is -0.495. The predicted molar refractivity (Wildman–Crippen MR) is 115 cm³/mol. The molecule has 1 aliphatic heterocycles. The summed E-state index contributed by atoms with van der Waals surface area (Å²) >= 11 is 0. The number of esters is 1. The Labute approximate surface area is 187 Å². The summed E-state index contributed by atoms with van der Waals surface area (Å²) in [4.78, 5) is 25.5. The second-order valence-electron chi connectivity index (χ2n) is 8.32. The van der Waals surface area contributed by atoms with Crippen molar-refractivity contribution in [3.63, 3.8) is 0 Å². The lowest BCUT2D eigenvalue weighted by Gasteiger charge is -2.25. The van der Waals surface area contributed by atoms with Crippen LogP contribution in [0.2, 0.25) is 0 Å². The first-order chi connectivity index (χ1) is 15.2. The highest BCUT2D eigenvalue weighted by molar-refractivity contribution is 5.78. The highest BCUT2D eigenvalue weighted by Gasteiger charge is 2.31. The Morgan fingerprint density at radius 2 is 1.97 bits per heavy atom. The maximum atomic E-state index is 12.9. The minimum absolute atomic E-state index is 0.121. The number of aliphatic hydroxyl groups is 1. The zero-order valence-electron chi connectivity index (χ0n) is 18.7. The Morgan fingerprint density at radius 3 is 2.69 bits per heavy atom. The number of carbonyl (C=O) groups is 2. The SMILES string of the molecule is CCOC(=O)CCCCCCN1C(=O)CC[C@@H]1CCCC(O)c1cccc(C(F)(F)F)c1. The van der Waals surface area contributed by atoms with E-state index in [9.17, 15) is 27.9 Å². The Balaban J connectivity index is 1.71. The number of nitrogens with zero attached hydrogens (tertiary/aromatic N) is 1. The van der Waals surface area contributed by atoms with Gasteiger partial charge in [-0.05, 0) is 63.1 Å². The normalized spacial score (nSPS) is 17.6. The van der Waals surface area contributed by atoms with Crippen molar-refractivity contribution >= 4 is 11.9 Å². The average Bonchev–Trinajstić information content (AvgIpc) is 3.09. The monoisotopic (exact) mass is 457 g/mol. The van der Waals surface area contributed by atoms with Crippen molar-refractivity contribution in [1.82, 2.24) is 4.90 Å². The van der Waals surface area contributed by atoms with Gasteiger partial charge in [0.25, 0.3) is 0 Å². The van der Waals surface area contributed by atoms with Crippen LogP contribution in [0.4, 0.5) is 13.2 Å². The van der Waals surface area contributed by atoms with E-state index in [1.54, 1.807) is 6.92 Å². The Kier molecular flexibility index (Phi) is 10.5. The van der Waals surface area contributed by atoms with Gasteiger partial charge >= 0.3 is 12.1 Å². The van der Waals surface area contributed by atoms with Crippen LogP contribution in [0, 0.1) is 0 Å². The highest BCUT2D eigenvalue weighted by Crippen LogP contribution is 2.32. The van der Waals surface area contributed by atoms with Gasteiger partial charge in [-0.25, -0.2) is 0 Å².